The van der Waals surface area contributed by atoms with Gasteiger partial charge in [0, 0.05) is 36.0 Å². The predicted octanol–water partition coefficient (Wildman–Crippen LogP) is 4.35. The van der Waals surface area contributed by atoms with Crippen molar-refractivity contribution in [1.82, 2.24) is 14.5 Å². The highest BCUT2D eigenvalue weighted by molar-refractivity contribution is 5.69. The molecule has 0 unspecified atom stereocenters. The van der Waals surface area contributed by atoms with Gasteiger partial charge in [-0.15, -0.1) is 0 Å². The molecular weight excluding hydrogens is 386 g/mol. The number of aromatic hydroxyl groups is 1. The van der Waals surface area contributed by atoms with Crippen LogP contribution in [0.4, 0.5) is 0 Å². The minimum Gasteiger partial charge on any atom is -0.507 e. The number of benzene rings is 2. The Bertz CT molecular complexity index is 1220. The summed E-state index contributed by atoms with van der Waals surface area (Å²) in [5, 5.41) is 10.4. The third-order valence-corrected chi connectivity index (χ3v) is 5.44. The summed E-state index contributed by atoms with van der Waals surface area (Å²) in [5.74, 6) is 0.753. The first kappa shape index (κ1) is 20.5. The summed E-state index contributed by atoms with van der Waals surface area (Å²) < 4.78 is 1.72. The molecule has 0 bridgehead atoms. The van der Waals surface area contributed by atoms with Crippen LogP contribution in [0.3, 0.4) is 0 Å². The van der Waals surface area contributed by atoms with Crippen LogP contribution in [0.15, 0.2) is 83.8 Å². The lowest BCUT2D eigenvalue weighted by atomic mass is 9.99. The van der Waals surface area contributed by atoms with Crippen LogP contribution in [0, 0.1) is 6.92 Å². The van der Waals surface area contributed by atoms with Crippen molar-refractivity contribution in [3.8, 4) is 17.0 Å². The maximum absolute atomic E-state index is 13.6. The van der Waals surface area contributed by atoms with Crippen molar-refractivity contribution in [2.24, 2.45) is 0 Å². The number of hydrogen-bond donors (Lipinski definition) is 1. The lowest BCUT2D eigenvalue weighted by Gasteiger charge is -2.16. The largest absolute Gasteiger partial charge is 0.507 e. The van der Waals surface area contributed by atoms with Gasteiger partial charge < -0.3 is 5.11 Å². The summed E-state index contributed by atoms with van der Waals surface area (Å²) >= 11 is 0. The molecule has 5 nitrogen and oxygen atoms in total. The Balaban J connectivity index is 1.74. The van der Waals surface area contributed by atoms with Gasteiger partial charge in [-0.05, 0) is 49.6 Å². The third-order valence-electron chi connectivity index (χ3n) is 5.44. The van der Waals surface area contributed by atoms with Gasteiger partial charge >= 0.3 is 0 Å². The zero-order valence-electron chi connectivity index (χ0n) is 17.5. The zero-order chi connectivity index (χ0) is 21.6. The van der Waals surface area contributed by atoms with Gasteiger partial charge in [0.2, 0.25) is 0 Å². The molecule has 0 radical (unpaired) electrons. The van der Waals surface area contributed by atoms with E-state index in [-0.39, 0.29) is 11.3 Å². The standard InChI is InChI=1S/C26H25N3O2/c1-19-28-25(22-12-5-6-13-24(22)30)23(15-14-20-9-3-2-4-10-20)26(31)29(19)18-16-21-11-7-8-17-27-21/h2-13,17,30H,14-16,18H2,1H3. The Morgan fingerprint density at radius 1 is 0.871 bits per heavy atom. The molecule has 1 N–H and O–H groups in total. The van der Waals surface area contributed by atoms with Crippen LogP contribution in [0.2, 0.25) is 0 Å². The lowest BCUT2D eigenvalue weighted by molar-refractivity contribution is 0.477. The molecule has 31 heavy (non-hydrogen) atoms. The molecule has 0 aliphatic rings. The van der Waals surface area contributed by atoms with Gasteiger partial charge in [-0.25, -0.2) is 4.98 Å². The van der Waals surface area contributed by atoms with E-state index < -0.39 is 0 Å². The molecule has 2 aromatic heterocycles. The predicted molar refractivity (Wildman–Crippen MR) is 122 cm³/mol. The third kappa shape index (κ3) is 4.72. The highest BCUT2D eigenvalue weighted by Gasteiger charge is 2.18. The Morgan fingerprint density at radius 2 is 1.61 bits per heavy atom. The molecule has 0 saturated carbocycles. The number of aryl methyl sites for hydroxylation is 3. The van der Waals surface area contributed by atoms with E-state index in [0.29, 0.717) is 42.0 Å². The average Bonchev–Trinajstić information content (AvgIpc) is 2.80. The van der Waals surface area contributed by atoms with Crippen molar-refractivity contribution in [1.29, 1.82) is 0 Å². The quantitative estimate of drug-likeness (QED) is 0.491. The van der Waals surface area contributed by atoms with Crippen molar-refractivity contribution in [2.75, 3.05) is 0 Å². The Labute approximate surface area is 181 Å². The molecule has 0 amide bonds. The van der Waals surface area contributed by atoms with E-state index in [1.807, 2.05) is 49.4 Å². The number of para-hydroxylation sites is 1. The number of rotatable bonds is 7. The van der Waals surface area contributed by atoms with E-state index in [1.165, 1.54) is 0 Å². The van der Waals surface area contributed by atoms with Crippen LogP contribution in [0.25, 0.3) is 11.3 Å². The number of phenolic OH excluding ortho intramolecular Hbond substituents is 1. The summed E-state index contributed by atoms with van der Waals surface area (Å²) in [5.41, 5.74) is 3.80. The summed E-state index contributed by atoms with van der Waals surface area (Å²) in [6.07, 6.45) is 3.68. The summed E-state index contributed by atoms with van der Waals surface area (Å²) in [6, 6.07) is 22.9. The van der Waals surface area contributed by atoms with E-state index in [0.717, 1.165) is 17.7 Å². The molecule has 0 fully saturated rings. The molecular formula is C26H25N3O2. The van der Waals surface area contributed by atoms with Gasteiger partial charge in [0.25, 0.3) is 5.56 Å². The van der Waals surface area contributed by atoms with Crippen molar-refractivity contribution < 1.29 is 5.11 Å². The second-order valence-electron chi connectivity index (χ2n) is 7.52. The smallest absolute Gasteiger partial charge is 0.257 e. The maximum atomic E-state index is 13.6. The summed E-state index contributed by atoms with van der Waals surface area (Å²) in [4.78, 5) is 22.7. The first-order chi connectivity index (χ1) is 15.1. The van der Waals surface area contributed by atoms with Crippen molar-refractivity contribution in [2.45, 2.75) is 32.7 Å². The molecule has 4 rings (SSSR count). The minimum absolute atomic E-state index is 0.0578. The fourth-order valence-electron chi connectivity index (χ4n) is 3.77. The summed E-state index contributed by atoms with van der Waals surface area (Å²) in [7, 11) is 0. The first-order valence-electron chi connectivity index (χ1n) is 10.5. The van der Waals surface area contributed by atoms with Crippen LogP contribution >= 0.6 is 0 Å². The second-order valence-corrected chi connectivity index (χ2v) is 7.52. The molecule has 2 heterocycles. The highest BCUT2D eigenvalue weighted by Crippen LogP contribution is 2.29. The molecule has 0 saturated heterocycles. The van der Waals surface area contributed by atoms with E-state index in [1.54, 1.807) is 29.0 Å². The number of hydrogen-bond acceptors (Lipinski definition) is 4. The molecule has 156 valence electrons. The second kappa shape index (κ2) is 9.39. The highest BCUT2D eigenvalue weighted by atomic mass is 16.3. The molecule has 0 aliphatic carbocycles. The van der Waals surface area contributed by atoms with Crippen LogP contribution in [-0.2, 0) is 25.8 Å². The van der Waals surface area contributed by atoms with Gasteiger partial charge in [0.15, 0.2) is 0 Å². The Hall–Kier alpha value is -3.73. The Morgan fingerprint density at radius 3 is 2.35 bits per heavy atom. The van der Waals surface area contributed by atoms with E-state index in [4.69, 9.17) is 4.98 Å². The molecule has 0 aliphatic heterocycles. The topological polar surface area (TPSA) is 68.0 Å². The van der Waals surface area contributed by atoms with Gasteiger partial charge in [0.1, 0.15) is 11.6 Å². The molecule has 2 aromatic carbocycles. The van der Waals surface area contributed by atoms with Crippen LogP contribution in [0.1, 0.15) is 22.6 Å². The monoisotopic (exact) mass is 411 g/mol. The molecule has 0 spiro atoms. The molecule has 5 heteroatoms. The SMILES string of the molecule is Cc1nc(-c2ccccc2O)c(CCc2ccccc2)c(=O)n1CCc1ccccn1. The summed E-state index contributed by atoms with van der Waals surface area (Å²) in [6.45, 7) is 2.35. The van der Waals surface area contributed by atoms with E-state index >= 15 is 0 Å². The average molecular weight is 412 g/mol. The van der Waals surface area contributed by atoms with Gasteiger partial charge in [-0.1, -0.05) is 48.5 Å². The van der Waals surface area contributed by atoms with Crippen molar-refractivity contribution in [3.05, 3.63) is 112 Å². The fraction of sp³-hybridized carbons (Fsp3) is 0.192. The number of aromatic nitrogens is 3. The van der Waals surface area contributed by atoms with E-state index in [9.17, 15) is 9.90 Å². The fourth-order valence-corrected chi connectivity index (χ4v) is 3.77. The van der Waals surface area contributed by atoms with Crippen LogP contribution < -0.4 is 5.56 Å². The number of pyridine rings is 1. The Kier molecular flexibility index (Phi) is 6.22. The van der Waals surface area contributed by atoms with Crippen molar-refractivity contribution >= 4 is 0 Å². The minimum atomic E-state index is -0.0578. The number of phenols is 1. The maximum Gasteiger partial charge on any atom is 0.257 e. The van der Waals surface area contributed by atoms with Gasteiger partial charge in [-0.3, -0.25) is 14.3 Å². The first-order valence-corrected chi connectivity index (χ1v) is 10.5. The van der Waals surface area contributed by atoms with E-state index in [2.05, 4.69) is 17.1 Å². The zero-order valence-corrected chi connectivity index (χ0v) is 17.5. The van der Waals surface area contributed by atoms with Gasteiger partial charge in [0.05, 0.1) is 5.69 Å². The van der Waals surface area contributed by atoms with Crippen LogP contribution in [-0.4, -0.2) is 19.6 Å². The van der Waals surface area contributed by atoms with Crippen LogP contribution in [0.5, 0.6) is 5.75 Å². The molecule has 4 aromatic rings. The lowest BCUT2D eigenvalue weighted by Crippen LogP contribution is -2.29. The normalized spacial score (nSPS) is 10.9. The van der Waals surface area contributed by atoms with Crippen molar-refractivity contribution in [3.63, 3.8) is 0 Å². The molecule has 0 atom stereocenters. The van der Waals surface area contributed by atoms with Gasteiger partial charge in [-0.2, -0.15) is 0 Å². The number of nitrogens with zero attached hydrogens (tertiary/aromatic N) is 3.